The van der Waals surface area contributed by atoms with Crippen molar-refractivity contribution in [2.24, 2.45) is 0 Å². The summed E-state index contributed by atoms with van der Waals surface area (Å²) in [5.41, 5.74) is 0.379. The Balaban J connectivity index is 2.11. The Labute approximate surface area is 113 Å². The molecule has 1 aromatic rings. The largest absolute Gasteiger partial charge is 0.389 e. The predicted octanol–water partition coefficient (Wildman–Crippen LogP) is 2.04. The van der Waals surface area contributed by atoms with Crippen molar-refractivity contribution in [2.45, 2.75) is 26.1 Å². The number of halogens is 1. The molecule has 0 aliphatic rings. The van der Waals surface area contributed by atoms with Crippen molar-refractivity contribution in [1.29, 1.82) is 0 Å². The highest BCUT2D eigenvalue weighted by molar-refractivity contribution is 5.44. The number of anilines is 1. The maximum absolute atomic E-state index is 13.3. The maximum Gasteiger partial charge on any atom is 0.146 e. The Kier molecular flexibility index (Phi) is 7.40. The number of benzene rings is 1. The average Bonchev–Trinajstić information content (AvgIpc) is 2.37. The topological polar surface area (TPSA) is 50.7 Å². The lowest BCUT2D eigenvalue weighted by Crippen LogP contribution is -2.26. The zero-order chi connectivity index (χ0) is 14.1. The fourth-order valence-corrected chi connectivity index (χ4v) is 1.45. The van der Waals surface area contributed by atoms with Crippen LogP contribution in [0.4, 0.5) is 10.1 Å². The van der Waals surface area contributed by atoms with Gasteiger partial charge in [0.15, 0.2) is 0 Å². The molecule has 2 N–H and O–H groups in total. The fourth-order valence-electron chi connectivity index (χ4n) is 1.45. The molecule has 0 radical (unpaired) electrons. The third-order valence-corrected chi connectivity index (χ3v) is 2.39. The molecule has 0 heterocycles. The lowest BCUT2D eigenvalue weighted by Gasteiger charge is -2.14. The molecule has 4 nitrogen and oxygen atoms in total. The van der Waals surface area contributed by atoms with Gasteiger partial charge in [0.2, 0.25) is 0 Å². The van der Waals surface area contributed by atoms with Crippen LogP contribution in [0.3, 0.4) is 0 Å². The summed E-state index contributed by atoms with van der Waals surface area (Å²) in [6, 6.07) is 6.35. The van der Waals surface area contributed by atoms with E-state index in [4.69, 9.17) is 9.47 Å². The predicted molar refractivity (Wildman–Crippen MR) is 72.8 cm³/mol. The molecule has 108 valence electrons. The zero-order valence-electron chi connectivity index (χ0n) is 11.4. The molecule has 5 heteroatoms. The van der Waals surface area contributed by atoms with Crippen LogP contribution in [-0.2, 0) is 9.47 Å². The van der Waals surface area contributed by atoms with Gasteiger partial charge >= 0.3 is 0 Å². The van der Waals surface area contributed by atoms with Gasteiger partial charge in [-0.3, -0.25) is 0 Å². The molecule has 0 spiro atoms. The number of rotatable bonds is 9. The Morgan fingerprint density at radius 3 is 2.68 bits per heavy atom. The number of para-hydroxylation sites is 1. The van der Waals surface area contributed by atoms with E-state index in [1.165, 1.54) is 6.07 Å². The number of aliphatic hydroxyl groups excluding tert-OH is 1. The van der Waals surface area contributed by atoms with Gasteiger partial charge in [-0.1, -0.05) is 12.1 Å². The van der Waals surface area contributed by atoms with E-state index in [1.54, 1.807) is 18.2 Å². The molecule has 0 saturated heterocycles. The summed E-state index contributed by atoms with van der Waals surface area (Å²) < 4.78 is 23.8. The molecule has 0 aromatic heterocycles. The van der Waals surface area contributed by atoms with Gasteiger partial charge in [-0.25, -0.2) is 4.39 Å². The molecular weight excluding hydrogens is 249 g/mol. The third-order valence-electron chi connectivity index (χ3n) is 2.39. The van der Waals surface area contributed by atoms with Gasteiger partial charge in [0.05, 0.1) is 37.7 Å². The van der Waals surface area contributed by atoms with Crippen molar-refractivity contribution in [1.82, 2.24) is 0 Å². The smallest absolute Gasteiger partial charge is 0.146 e. The minimum Gasteiger partial charge on any atom is -0.389 e. The molecule has 0 fully saturated rings. The van der Waals surface area contributed by atoms with E-state index in [2.05, 4.69) is 5.32 Å². The van der Waals surface area contributed by atoms with Crippen LogP contribution in [0.1, 0.15) is 13.8 Å². The number of nitrogens with one attached hydrogen (secondary N) is 1. The summed E-state index contributed by atoms with van der Waals surface area (Å²) in [5, 5.41) is 12.5. The van der Waals surface area contributed by atoms with Crippen molar-refractivity contribution in [3.63, 3.8) is 0 Å². The number of hydrogen-bond donors (Lipinski definition) is 2. The minimum atomic E-state index is -0.682. The summed E-state index contributed by atoms with van der Waals surface area (Å²) in [6.07, 6.45) is -0.505. The summed E-state index contributed by atoms with van der Waals surface area (Å²) in [5.74, 6) is -0.332. The quantitative estimate of drug-likeness (QED) is 0.675. The van der Waals surface area contributed by atoms with E-state index >= 15 is 0 Å². The van der Waals surface area contributed by atoms with Crippen LogP contribution in [0.2, 0.25) is 0 Å². The van der Waals surface area contributed by atoms with Gasteiger partial charge in [-0.15, -0.1) is 0 Å². The van der Waals surface area contributed by atoms with E-state index < -0.39 is 6.10 Å². The normalized spacial score (nSPS) is 12.7. The molecule has 1 unspecified atom stereocenters. The van der Waals surface area contributed by atoms with Crippen LogP contribution >= 0.6 is 0 Å². The first-order chi connectivity index (χ1) is 9.09. The average molecular weight is 271 g/mol. The second-order valence-electron chi connectivity index (χ2n) is 4.51. The molecule has 1 aromatic carbocycles. The molecule has 19 heavy (non-hydrogen) atoms. The molecule has 0 amide bonds. The van der Waals surface area contributed by atoms with Crippen LogP contribution in [0, 0.1) is 5.82 Å². The molecule has 1 rings (SSSR count). The molecule has 0 bridgehead atoms. The van der Waals surface area contributed by atoms with Crippen molar-refractivity contribution in [2.75, 3.05) is 31.7 Å². The van der Waals surface area contributed by atoms with Crippen molar-refractivity contribution >= 4 is 5.69 Å². The van der Waals surface area contributed by atoms with Gasteiger partial charge in [0, 0.05) is 6.54 Å². The Morgan fingerprint density at radius 1 is 1.26 bits per heavy atom. The monoisotopic (exact) mass is 271 g/mol. The van der Waals surface area contributed by atoms with E-state index in [-0.39, 0.29) is 25.1 Å². The van der Waals surface area contributed by atoms with E-state index in [0.717, 1.165) is 0 Å². The number of hydrogen-bond acceptors (Lipinski definition) is 4. The van der Waals surface area contributed by atoms with Crippen LogP contribution in [-0.4, -0.2) is 43.7 Å². The van der Waals surface area contributed by atoms with Gasteiger partial charge in [0.1, 0.15) is 5.82 Å². The summed E-state index contributed by atoms with van der Waals surface area (Å²) in [7, 11) is 0. The van der Waals surface area contributed by atoms with Crippen LogP contribution in [0.25, 0.3) is 0 Å². The van der Waals surface area contributed by atoms with E-state index in [9.17, 15) is 9.50 Å². The molecule has 1 atom stereocenters. The summed E-state index contributed by atoms with van der Waals surface area (Å²) in [4.78, 5) is 0. The van der Waals surface area contributed by atoms with Gasteiger partial charge in [0.25, 0.3) is 0 Å². The highest BCUT2D eigenvalue weighted by Gasteiger charge is 2.06. The third kappa shape index (κ3) is 7.10. The number of aliphatic hydroxyl groups is 1. The van der Waals surface area contributed by atoms with Crippen molar-refractivity contribution in [3.8, 4) is 0 Å². The minimum absolute atomic E-state index is 0.177. The lowest BCUT2D eigenvalue weighted by molar-refractivity contribution is -0.00735. The van der Waals surface area contributed by atoms with Gasteiger partial charge in [-0.2, -0.15) is 0 Å². The van der Waals surface area contributed by atoms with E-state index in [0.29, 0.717) is 18.9 Å². The molecule has 0 aliphatic carbocycles. The maximum atomic E-state index is 13.3. The second-order valence-corrected chi connectivity index (χ2v) is 4.51. The SMILES string of the molecule is CC(C)OCCOCC(O)CNc1ccccc1F. The first-order valence-corrected chi connectivity index (χ1v) is 6.45. The Hall–Kier alpha value is -1.17. The summed E-state index contributed by atoms with van der Waals surface area (Å²) >= 11 is 0. The Morgan fingerprint density at radius 2 is 2.00 bits per heavy atom. The van der Waals surface area contributed by atoms with Crippen molar-refractivity contribution in [3.05, 3.63) is 30.1 Å². The van der Waals surface area contributed by atoms with Crippen LogP contribution < -0.4 is 5.32 Å². The first-order valence-electron chi connectivity index (χ1n) is 6.45. The molecular formula is C14H22FNO3. The lowest BCUT2D eigenvalue weighted by atomic mass is 10.3. The van der Waals surface area contributed by atoms with E-state index in [1.807, 2.05) is 13.8 Å². The fraction of sp³-hybridized carbons (Fsp3) is 0.571. The van der Waals surface area contributed by atoms with Crippen LogP contribution in [0.5, 0.6) is 0 Å². The molecule has 0 saturated carbocycles. The van der Waals surface area contributed by atoms with Gasteiger partial charge in [-0.05, 0) is 26.0 Å². The van der Waals surface area contributed by atoms with Gasteiger partial charge < -0.3 is 19.9 Å². The number of ether oxygens (including phenoxy) is 2. The first kappa shape index (κ1) is 15.9. The Bertz CT molecular complexity index is 360. The van der Waals surface area contributed by atoms with Crippen molar-refractivity contribution < 1.29 is 19.0 Å². The molecule has 0 aliphatic heterocycles. The zero-order valence-corrected chi connectivity index (χ0v) is 11.4. The highest BCUT2D eigenvalue weighted by atomic mass is 19.1. The highest BCUT2D eigenvalue weighted by Crippen LogP contribution is 2.11. The summed E-state index contributed by atoms with van der Waals surface area (Å²) in [6.45, 7) is 5.29. The standard InChI is InChI=1S/C14H22FNO3/c1-11(2)19-8-7-18-10-12(17)9-16-14-6-4-3-5-13(14)15/h3-6,11-12,16-17H,7-10H2,1-2H3. The van der Waals surface area contributed by atoms with Crippen LogP contribution in [0.15, 0.2) is 24.3 Å². The second kappa shape index (κ2) is 8.85.